The molecule has 5 heteroatoms. The van der Waals surface area contributed by atoms with Gasteiger partial charge in [0.15, 0.2) is 5.43 Å². The highest BCUT2D eigenvalue weighted by molar-refractivity contribution is 5.87. The van der Waals surface area contributed by atoms with Crippen molar-refractivity contribution < 1.29 is 9.53 Å². The second-order valence-electron chi connectivity index (χ2n) is 2.16. The first-order valence-corrected chi connectivity index (χ1v) is 3.60. The molecular weight excluding hydrogens is 194 g/mol. The summed E-state index contributed by atoms with van der Waals surface area (Å²) in [5.74, 6) is -0.504. The number of hydrogen-bond donors (Lipinski definition) is 1. The lowest BCUT2D eigenvalue weighted by atomic mass is 10.3. The first-order chi connectivity index (χ1) is 5.74. The van der Waals surface area contributed by atoms with Crippen LogP contribution in [0.1, 0.15) is 17.4 Å². The molecule has 1 heterocycles. The van der Waals surface area contributed by atoms with Crippen molar-refractivity contribution in [2.75, 3.05) is 6.61 Å². The Morgan fingerprint density at radius 1 is 1.62 bits per heavy atom. The summed E-state index contributed by atoms with van der Waals surface area (Å²) in [6.07, 6.45) is 1.41. The number of aromatic amines is 1. The lowest BCUT2D eigenvalue weighted by molar-refractivity contribution is 0.0519. The van der Waals surface area contributed by atoms with Crippen molar-refractivity contribution in [3.05, 3.63) is 34.2 Å². The molecule has 1 aromatic rings. The van der Waals surface area contributed by atoms with Gasteiger partial charge in [0, 0.05) is 18.3 Å². The van der Waals surface area contributed by atoms with Gasteiger partial charge in [-0.2, -0.15) is 0 Å². The summed E-state index contributed by atoms with van der Waals surface area (Å²) in [5.41, 5.74) is -0.0267. The third-order valence-corrected chi connectivity index (χ3v) is 1.27. The number of nitrogens with one attached hydrogen (secondary N) is 1. The molecule has 0 saturated heterocycles. The minimum atomic E-state index is -0.504. The van der Waals surface area contributed by atoms with Crippen LogP contribution in [0.25, 0.3) is 0 Å². The smallest absolute Gasteiger partial charge is 0.354 e. The number of esters is 1. The third-order valence-electron chi connectivity index (χ3n) is 1.27. The highest BCUT2D eigenvalue weighted by atomic mass is 35.5. The van der Waals surface area contributed by atoms with Gasteiger partial charge in [-0.05, 0) is 6.92 Å². The molecule has 0 spiro atoms. The van der Waals surface area contributed by atoms with Gasteiger partial charge in [0.1, 0.15) is 5.69 Å². The van der Waals surface area contributed by atoms with Gasteiger partial charge < -0.3 is 9.72 Å². The van der Waals surface area contributed by atoms with Crippen LogP contribution in [-0.2, 0) is 4.74 Å². The predicted octanol–water partition coefficient (Wildman–Crippen LogP) is 0.973. The Hall–Kier alpha value is -1.29. The van der Waals surface area contributed by atoms with Gasteiger partial charge >= 0.3 is 5.97 Å². The molecule has 13 heavy (non-hydrogen) atoms. The fraction of sp³-hybridized carbons (Fsp3) is 0.250. The van der Waals surface area contributed by atoms with E-state index in [0.717, 1.165) is 0 Å². The van der Waals surface area contributed by atoms with Crippen molar-refractivity contribution in [1.29, 1.82) is 0 Å². The van der Waals surface area contributed by atoms with Crippen molar-refractivity contribution in [2.24, 2.45) is 0 Å². The lowest BCUT2D eigenvalue weighted by Crippen LogP contribution is -2.10. The van der Waals surface area contributed by atoms with Crippen LogP contribution in [0.15, 0.2) is 23.1 Å². The van der Waals surface area contributed by atoms with Crippen molar-refractivity contribution in [1.82, 2.24) is 4.98 Å². The summed E-state index contributed by atoms with van der Waals surface area (Å²) < 4.78 is 4.67. The van der Waals surface area contributed by atoms with Crippen LogP contribution < -0.4 is 5.43 Å². The number of rotatable bonds is 2. The molecule has 0 amide bonds. The van der Waals surface area contributed by atoms with E-state index in [1.165, 1.54) is 18.3 Å². The standard InChI is InChI=1S/C8H9NO3.ClH/c1-2-12-8(11)7-5-6(10)3-4-9-7;/h3-5H,2H2,1H3,(H,9,10);1H. The highest BCUT2D eigenvalue weighted by Gasteiger charge is 2.05. The molecular formula is C8H10ClNO3. The van der Waals surface area contributed by atoms with Gasteiger partial charge in [-0.1, -0.05) is 0 Å². The molecule has 0 aliphatic heterocycles. The molecule has 1 N–H and O–H groups in total. The Bertz CT molecular complexity index is 334. The normalized spacial score (nSPS) is 8.69. The van der Waals surface area contributed by atoms with Crippen molar-refractivity contribution in [3.8, 4) is 0 Å². The Labute approximate surface area is 81.3 Å². The van der Waals surface area contributed by atoms with Gasteiger partial charge in [0.05, 0.1) is 6.61 Å². The van der Waals surface area contributed by atoms with E-state index >= 15 is 0 Å². The molecule has 0 aromatic carbocycles. The molecule has 0 aliphatic carbocycles. The molecule has 1 aromatic heterocycles. The summed E-state index contributed by atoms with van der Waals surface area (Å²) in [5, 5.41) is 0. The minimum absolute atomic E-state index is 0. The highest BCUT2D eigenvalue weighted by Crippen LogP contribution is 1.92. The number of carbonyl (C=O) groups is 1. The van der Waals surface area contributed by atoms with Crippen LogP contribution in [0.2, 0.25) is 0 Å². The second-order valence-corrected chi connectivity index (χ2v) is 2.16. The zero-order valence-corrected chi connectivity index (χ0v) is 7.89. The number of ether oxygens (including phenoxy) is 1. The second kappa shape index (κ2) is 5.37. The lowest BCUT2D eigenvalue weighted by Gasteiger charge is -1.99. The van der Waals surface area contributed by atoms with Crippen LogP contribution in [0.4, 0.5) is 0 Å². The van der Waals surface area contributed by atoms with E-state index in [9.17, 15) is 9.59 Å². The number of aromatic nitrogens is 1. The van der Waals surface area contributed by atoms with E-state index in [4.69, 9.17) is 0 Å². The molecule has 0 bridgehead atoms. The monoisotopic (exact) mass is 203 g/mol. The van der Waals surface area contributed by atoms with E-state index in [-0.39, 0.29) is 23.5 Å². The first kappa shape index (κ1) is 11.7. The average molecular weight is 204 g/mol. The number of hydrogen-bond acceptors (Lipinski definition) is 3. The number of H-pyrrole nitrogens is 1. The topological polar surface area (TPSA) is 59.2 Å². The average Bonchev–Trinajstić information content (AvgIpc) is 2.05. The molecule has 72 valence electrons. The summed E-state index contributed by atoms with van der Waals surface area (Å²) in [6, 6.07) is 2.54. The van der Waals surface area contributed by atoms with Gasteiger partial charge in [0.25, 0.3) is 0 Å². The molecule has 0 saturated carbocycles. The van der Waals surface area contributed by atoms with Crippen LogP contribution in [0.3, 0.4) is 0 Å². The SMILES string of the molecule is CCOC(=O)c1cc(=O)cc[nH]1.Cl. The summed E-state index contributed by atoms with van der Waals surface area (Å²) in [6.45, 7) is 2.01. The van der Waals surface area contributed by atoms with E-state index in [0.29, 0.717) is 6.61 Å². The predicted molar refractivity (Wildman–Crippen MR) is 50.3 cm³/mol. The molecule has 0 aliphatic rings. The fourth-order valence-electron chi connectivity index (χ4n) is 0.772. The maximum absolute atomic E-state index is 11.0. The maximum atomic E-state index is 11.0. The molecule has 4 nitrogen and oxygen atoms in total. The minimum Gasteiger partial charge on any atom is -0.461 e. The third kappa shape index (κ3) is 3.29. The van der Waals surface area contributed by atoms with Crippen LogP contribution in [-0.4, -0.2) is 17.6 Å². The Kier molecular flexibility index (Phi) is 4.84. The van der Waals surface area contributed by atoms with E-state index in [1.54, 1.807) is 6.92 Å². The van der Waals surface area contributed by atoms with E-state index in [1.807, 2.05) is 0 Å². The van der Waals surface area contributed by atoms with Crippen molar-refractivity contribution in [3.63, 3.8) is 0 Å². The van der Waals surface area contributed by atoms with Gasteiger partial charge in [-0.3, -0.25) is 4.79 Å². The van der Waals surface area contributed by atoms with Crippen molar-refractivity contribution >= 4 is 18.4 Å². The quantitative estimate of drug-likeness (QED) is 0.729. The largest absolute Gasteiger partial charge is 0.461 e. The molecule has 0 fully saturated rings. The van der Waals surface area contributed by atoms with Crippen LogP contribution >= 0.6 is 12.4 Å². The number of carbonyl (C=O) groups excluding carboxylic acids is 1. The molecule has 0 atom stereocenters. The summed E-state index contributed by atoms with van der Waals surface area (Å²) in [4.78, 5) is 24.4. The summed E-state index contributed by atoms with van der Waals surface area (Å²) in [7, 11) is 0. The number of pyridine rings is 1. The Balaban J connectivity index is 0.00000144. The van der Waals surface area contributed by atoms with E-state index in [2.05, 4.69) is 9.72 Å². The van der Waals surface area contributed by atoms with Gasteiger partial charge in [-0.15, -0.1) is 12.4 Å². The van der Waals surface area contributed by atoms with Gasteiger partial charge in [-0.25, -0.2) is 4.79 Å². The molecule has 0 unspecified atom stereocenters. The zero-order chi connectivity index (χ0) is 8.97. The van der Waals surface area contributed by atoms with E-state index < -0.39 is 5.97 Å². The maximum Gasteiger partial charge on any atom is 0.354 e. The fourth-order valence-corrected chi connectivity index (χ4v) is 0.772. The Morgan fingerprint density at radius 3 is 2.85 bits per heavy atom. The number of halogens is 1. The summed E-state index contributed by atoms with van der Waals surface area (Å²) >= 11 is 0. The first-order valence-electron chi connectivity index (χ1n) is 3.60. The van der Waals surface area contributed by atoms with Crippen LogP contribution in [0.5, 0.6) is 0 Å². The molecule has 0 radical (unpaired) electrons. The molecule has 1 rings (SSSR count). The van der Waals surface area contributed by atoms with Gasteiger partial charge in [0.2, 0.25) is 0 Å². The van der Waals surface area contributed by atoms with Crippen LogP contribution in [0, 0.1) is 0 Å². The Morgan fingerprint density at radius 2 is 2.31 bits per heavy atom. The zero-order valence-electron chi connectivity index (χ0n) is 7.07. The van der Waals surface area contributed by atoms with Crippen molar-refractivity contribution in [2.45, 2.75) is 6.92 Å².